The summed E-state index contributed by atoms with van der Waals surface area (Å²) in [5.74, 6) is 0.597. The Morgan fingerprint density at radius 3 is 2.72 bits per heavy atom. The van der Waals surface area contributed by atoms with Crippen molar-refractivity contribution in [2.24, 2.45) is 0 Å². The number of amides is 3. The van der Waals surface area contributed by atoms with Crippen LogP contribution in [0.15, 0.2) is 40.9 Å². The van der Waals surface area contributed by atoms with Crippen LogP contribution in [0.4, 0.5) is 4.79 Å². The minimum absolute atomic E-state index is 0.297. The highest BCUT2D eigenvalue weighted by atomic mass is 16.5. The Kier molecular flexibility index (Phi) is 4.54. The van der Waals surface area contributed by atoms with Gasteiger partial charge in [-0.2, -0.15) is 0 Å². The molecule has 3 heterocycles. The molecule has 1 aliphatic heterocycles. The van der Waals surface area contributed by atoms with E-state index < -0.39 is 11.6 Å². The van der Waals surface area contributed by atoms with Gasteiger partial charge in [0.15, 0.2) is 11.6 Å². The molecule has 1 aliphatic carbocycles. The zero-order chi connectivity index (χ0) is 22.6. The van der Waals surface area contributed by atoms with E-state index in [-0.39, 0.29) is 18.2 Å². The topological polar surface area (TPSA) is 97.4 Å². The van der Waals surface area contributed by atoms with Gasteiger partial charge in [-0.3, -0.25) is 19.1 Å². The van der Waals surface area contributed by atoms with Crippen molar-refractivity contribution >= 4 is 17.7 Å². The minimum atomic E-state index is -1.08. The molecule has 0 saturated carbocycles. The number of carbonyl (C=O) groups excluding carboxylic acids is 3. The van der Waals surface area contributed by atoms with Gasteiger partial charge in [0.25, 0.3) is 5.91 Å². The first kappa shape index (κ1) is 20.2. The number of benzene rings is 1. The Morgan fingerprint density at radius 2 is 1.97 bits per heavy atom. The van der Waals surface area contributed by atoms with Gasteiger partial charge in [0, 0.05) is 23.0 Å². The lowest BCUT2D eigenvalue weighted by molar-refractivity contribution is -0.131. The summed E-state index contributed by atoms with van der Waals surface area (Å²) in [6, 6.07) is 10.7. The van der Waals surface area contributed by atoms with Gasteiger partial charge in [-0.15, -0.1) is 0 Å². The van der Waals surface area contributed by atoms with Crippen LogP contribution in [0.25, 0.3) is 5.82 Å². The molecule has 1 spiro atoms. The van der Waals surface area contributed by atoms with Crippen LogP contribution in [0.1, 0.15) is 51.5 Å². The van der Waals surface area contributed by atoms with Gasteiger partial charge in [0.2, 0.25) is 0 Å². The number of nitrogens with one attached hydrogen (secondary N) is 1. The van der Waals surface area contributed by atoms with Crippen LogP contribution in [0.3, 0.4) is 0 Å². The fourth-order valence-corrected chi connectivity index (χ4v) is 5.04. The van der Waals surface area contributed by atoms with Crippen LogP contribution in [-0.2, 0) is 16.8 Å². The summed E-state index contributed by atoms with van der Waals surface area (Å²) >= 11 is 0. The lowest BCUT2D eigenvalue weighted by Gasteiger charge is -2.33. The van der Waals surface area contributed by atoms with Crippen molar-refractivity contribution in [3.63, 3.8) is 0 Å². The van der Waals surface area contributed by atoms with Crippen LogP contribution in [-0.4, -0.2) is 38.9 Å². The highest BCUT2D eigenvalue weighted by Crippen LogP contribution is 2.40. The van der Waals surface area contributed by atoms with Crippen LogP contribution in [0, 0.1) is 20.8 Å². The van der Waals surface area contributed by atoms with Crippen LogP contribution < -0.4 is 5.32 Å². The molecule has 1 fully saturated rings. The van der Waals surface area contributed by atoms with E-state index in [2.05, 4.69) is 10.5 Å². The molecule has 8 heteroatoms. The third-order valence-electron chi connectivity index (χ3n) is 6.53. The monoisotopic (exact) mass is 432 g/mol. The van der Waals surface area contributed by atoms with Gasteiger partial charge in [-0.05, 0) is 57.2 Å². The number of hydrogen-bond acceptors (Lipinski definition) is 5. The number of imide groups is 1. The predicted octanol–water partition coefficient (Wildman–Crippen LogP) is 3.36. The molecule has 3 amide bonds. The number of fused-ring (bicyclic) bond motifs is 2. The second kappa shape index (κ2) is 7.19. The fraction of sp³-hybridized carbons (Fsp3) is 0.333. The van der Waals surface area contributed by atoms with E-state index in [9.17, 15) is 14.4 Å². The maximum atomic E-state index is 13.5. The van der Waals surface area contributed by atoms with Crippen molar-refractivity contribution in [3.8, 4) is 5.82 Å². The third kappa shape index (κ3) is 2.90. The van der Waals surface area contributed by atoms with Crippen molar-refractivity contribution in [3.05, 3.63) is 70.2 Å². The number of hydrogen-bond donors (Lipinski definition) is 1. The Hall–Kier alpha value is -3.68. The maximum Gasteiger partial charge on any atom is 0.325 e. The molecule has 0 radical (unpaired) electrons. The molecular weight excluding hydrogens is 408 g/mol. The summed E-state index contributed by atoms with van der Waals surface area (Å²) in [5, 5.41) is 6.93. The molecule has 8 nitrogen and oxygen atoms in total. The molecule has 1 N–H and O–H groups in total. The number of urea groups is 1. The van der Waals surface area contributed by atoms with Gasteiger partial charge in [0.05, 0.1) is 6.54 Å². The van der Waals surface area contributed by atoms with Gasteiger partial charge < -0.3 is 9.84 Å². The van der Waals surface area contributed by atoms with E-state index in [0.29, 0.717) is 29.3 Å². The van der Waals surface area contributed by atoms with Crippen LogP contribution >= 0.6 is 0 Å². The number of aromatic nitrogens is 2. The van der Waals surface area contributed by atoms with Crippen molar-refractivity contribution in [1.29, 1.82) is 0 Å². The molecule has 1 saturated heterocycles. The van der Waals surface area contributed by atoms with Crippen LogP contribution in [0.5, 0.6) is 0 Å². The number of aryl methyl sites for hydroxylation is 3. The van der Waals surface area contributed by atoms with Gasteiger partial charge in [0.1, 0.15) is 11.3 Å². The zero-order valence-electron chi connectivity index (χ0n) is 18.3. The summed E-state index contributed by atoms with van der Waals surface area (Å²) in [5.41, 5.74) is 2.76. The standard InChI is InChI=1S/C24H24N4O4/c1-14-11-18(16(3)28(14)21-12-15(2)32-26-21)20(29)13-27-22(30)24(25-23(27)31)10-6-8-17-7-4-5-9-19(17)24/h4-5,7,9,11-12H,6,8,10,13H2,1-3H3,(H,25,31)/t24-/m1/s1. The highest BCUT2D eigenvalue weighted by molar-refractivity contribution is 6.12. The number of Topliss-reactive ketones (excluding diaryl/α,β-unsaturated/α-hetero) is 1. The first-order valence-corrected chi connectivity index (χ1v) is 10.7. The molecular formula is C24H24N4O4. The smallest absolute Gasteiger partial charge is 0.325 e. The lowest BCUT2D eigenvalue weighted by Crippen LogP contribution is -2.46. The molecule has 0 unspecified atom stereocenters. The Morgan fingerprint density at radius 1 is 1.19 bits per heavy atom. The molecule has 32 heavy (non-hydrogen) atoms. The van der Waals surface area contributed by atoms with Gasteiger partial charge in [-0.1, -0.05) is 29.4 Å². The molecule has 1 atom stereocenters. The molecule has 0 bridgehead atoms. The molecule has 164 valence electrons. The van der Waals surface area contributed by atoms with E-state index in [4.69, 9.17) is 4.52 Å². The van der Waals surface area contributed by atoms with Crippen molar-refractivity contribution in [2.75, 3.05) is 6.54 Å². The first-order chi connectivity index (χ1) is 15.3. The average molecular weight is 432 g/mol. The van der Waals surface area contributed by atoms with E-state index in [0.717, 1.165) is 34.6 Å². The molecule has 3 aromatic rings. The molecule has 5 rings (SSSR count). The summed E-state index contributed by atoms with van der Waals surface area (Å²) in [7, 11) is 0. The molecule has 1 aromatic carbocycles. The normalized spacial score (nSPS) is 20.0. The summed E-state index contributed by atoms with van der Waals surface area (Å²) in [6.45, 7) is 5.18. The second-order valence-electron chi connectivity index (χ2n) is 8.58. The largest absolute Gasteiger partial charge is 0.360 e. The summed E-state index contributed by atoms with van der Waals surface area (Å²) in [4.78, 5) is 40.5. The van der Waals surface area contributed by atoms with Gasteiger partial charge in [-0.25, -0.2) is 4.79 Å². The third-order valence-corrected chi connectivity index (χ3v) is 6.53. The molecule has 2 aliphatic rings. The Balaban J connectivity index is 1.44. The van der Waals surface area contributed by atoms with E-state index in [1.54, 1.807) is 19.1 Å². The quantitative estimate of drug-likeness (QED) is 0.504. The van der Waals surface area contributed by atoms with E-state index in [1.165, 1.54) is 0 Å². The van der Waals surface area contributed by atoms with Crippen molar-refractivity contribution in [1.82, 2.24) is 19.9 Å². The SMILES string of the molecule is Cc1cc(-n2c(C)cc(C(=O)CN3C(=O)N[C@@]4(CCCc5ccccc54)C3=O)c2C)no1. The van der Waals surface area contributed by atoms with Crippen molar-refractivity contribution in [2.45, 2.75) is 45.6 Å². The maximum absolute atomic E-state index is 13.5. The average Bonchev–Trinajstić information content (AvgIpc) is 3.39. The van der Waals surface area contributed by atoms with E-state index >= 15 is 0 Å². The van der Waals surface area contributed by atoms with Crippen molar-refractivity contribution < 1.29 is 18.9 Å². The number of nitrogens with zero attached hydrogens (tertiary/aromatic N) is 3. The first-order valence-electron chi connectivity index (χ1n) is 10.7. The Bertz CT molecular complexity index is 1270. The number of rotatable bonds is 4. The number of ketones is 1. The summed E-state index contributed by atoms with van der Waals surface area (Å²) in [6.07, 6.45) is 2.19. The molecule has 2 aromatic heterocycles. The second-order valence-corrected chi connectivity index (χ2v) is 8.58. The minimum Gasteiger partial charge on any atom is -0.360 e. The van der Waals surface area contributed by atoms with Crippen LogP contribution in [0.2, 0.25) is 0 Å². The highest BCUT2D eigenvalue weighted by Gasteiger charge is 2.54. The fourth-order valence-electron chi connectivity index (χ4n) is 5.04. The zero-order valence-corrected chi connectivity index (χ0v) is 18.3. The van der Waals surface area contributed by atoms with Gasteiger partial charge >= 0.3 is 6.03 Å². The lowest BCUT2D eigenvalue weighted by atomic mass is 9.76. The predicted molar refractivity (Wildman–Crippen MR) is 116 cm³/mol. The summed E-state index contributed by atoms with van der Waals surface area (Å²) < 4.78 is 6.99. The van der Waals surface area contributed by atoms with E-state index in [1.807, 2.05) is 42.7 Å². The Labute approximate surface area is 185 Å². The number of carbonyl (C=O) groups is 3.